The van der Waals surface area contributed by atoms with Crippen molar-refractivity contribution >= 4 is 11.3 Å². The van der Waals surface area contributed by atoms with Gasteiger partial charge in [-0.05, 0) is 11.4 Å². The zero-order valence-electron chi connectivity index (χ0n) is 6.06. The van der Waals surface area contributed by atoms with Gasteiger partial charge in [-0.25, -0.2) is 4.98 Å². The summed E-state index contributed by atoms with van der Waals surface area (Å²) in [6.07, 6.45) is 1.41. The summed E-state index contributed by atoms with van der Waals surface area (Å²) in [6, 6.07) is 6.47. The lowest BCUT2D eigenvalue weighted by Crippen LogP contribution is -1.82. The Balaban J connectivity index is 2.48. The summed E-state index contributed by atoms with van der Waals surface area (Å²) in [5, 5.41) is 10.9. The van der Waals surface area contributed by atoms with E-state index in [0.29, 0.717) is 5.69 Å². The molecule has 0 aliphatic carbocycles. The fourth-order valence-electron chi connectivity index (χ4n) is 0.852. The molecular formula is C8H5N2OS. The monoisotopic (exact) mass is 177 g/mol. The van der Waals surface area contributed by atoms with E-state index >= 15 is 0 Å². The Morgan fingerprint density at radius 1 is 1.50 bits per heavy atom. The maximum Gasteiger partial charge on any atom is 0.314 e. The Bertz CT molecular complexity index is 372. The van der Waals surface area contributed by atoms with Crippen molar-refractivity contribution in [3.05, 3.63) is 29.8 Å². The molecule has 4 heteroatoms. The van der Waals surface area contributed by atoms with Crippen molar-refractivity contribution in [2.45, 2.75) is 0 Å². The van der Waals surface area contributed by atoms with Crippen molar-refractivity contribution in [1.29, 1.82) is 0 Å². The number of hydrogen-bond acceptors (Lipinski definition) is 4. The maximum atomic E-state index is 8.97. The molecule has 0 aliphatic heterocycles. The van der Waals surface area contributed by atoms with Crippen molar-refractivity contribution in [2.75, 3.05) is 0 Å². The third-order valence-corrected chi connectivity index (χ3v) is 2.22. The summed E-state index contributed by atoms with van der Waals surface area (Å²) < 4.78 is 0. The predicted octanol–water partition coefficient (Wildman–Crippen LogP) is 1.71. The standard InChI is InChI=1S/C8H5N2OS/c11-8-9-4-3-6(10-8)7-2-1-5-12-7/h1-2,4-5H,(H,9,10,11). The van der Waals surface area contributed by atoms with Gasteiger partial charge in [0.1, 0.15) is 0 Å². The molecule has 3 nitrogen and oxygen atoms in total. The van der Waals surface area contributed by atoms with Crippen LogP contribution in [-0.4, -0.2) is 15.1 Å². The van der Waals surface area contributed by atoms with Crippen molar-refractivity contribution in [3.63, 3.8) is 0 Å². The highest BCUT2D eigenvalue weighted by atomic mass is 32.1. The first kappa shape index (κ1) is 7.24. The number of aromatic hydroxyl groups is 1. The van der Waals surface area contributed by atoms with E-state index in [1.807, 2.05) is 17.5 Å². The summed E-state index contributed by atoms with van der Waals surface area (Å²) in [5.74, 6) is 0. The highest BCUT2D eigenvalue weighted by Crippen LogP contribution is 2.22. The van der Waals surface area contributed by atoms with E-state index in [1.165, 1.54) is 6.20 Å². The van der Waals surface area contributed by atoms with Gasteiger partial charge >= 0.3 is 6.01 Å². The minimum atomic E-state index is -0.211. The second kappa shape index (κ2) is 2.91. The lowest BCUT2D eigenvalue weighted by molar-refractivity contribution is 0.431. The molecule has 0 saturated heterocycles. The van der Waals surface area contributed by atoms with Gasteiger partial charge < -0.3 is 5.11 Å². The van der Waals surface area contributed by atoms with Crippen LogP contribution in [0.1, 0.15) is 0 Å². The van der Waals surface area contributed by atoms with Gasteiger partial charge in [0.15, 0.2) is 0 Å². The van der Waals surface area contributed by atoms with Crippen LogP contribution < -0.4 is 0 Å². The van der Waals surface area contributed by atoms with Gasteiger partial charge in [-0.3, -0.25) is 0 Å². The van der Waals surface area contributed by atoms with E-state index in [-0.39, 0.29) is 6.01 Å². The molecule has 0 spiro atoms. The molecule has 2 rings (SSSR count). The number of rotatable bonds is 1. The molecular weight excluding hydrogens is 172 g/mol. The van der Waals surface area contributed by atoms with Crippen LogP contribution in [0.2, 0.25) is 0 Å². The van der Waals surface area contributed by atoms with Crippen molar-refractivity contribution < 1.29 is 5.11 Å². The molecule has 2 aromatic heterocycles. The molecule has 0 atom stereocenters. The number of hydrogen-bond donors (Lipinski definition) is 1. The lowest BCUT2D eigenvalue weighted by Gasteiger charge is -1.93. The van der Waals surface area contributed by atoms with Crippen LogP contribution in [0.3, 0.4) is 0 Å². The Morgan fingerprint density at radius 3 is 3.08 bits per heavy atom. The first-order chi connectivity index (χ1) is 5.86. The summed E-state index contributed by atoms with van der Waals surface area (Å²) in [6.45, 7) is 0. The molecule has 0 bridgehead atoms. The average molecular weight is 177 g/mol. The van der Waals surface area contributed by atoms with Crippen molar-refractivity contribution in [3.8, 4) is 16.6 Å². The van der Waals surface area contributed by atoms with Gasteiger partial charge in [0.25, 0.3) is 0 Å². The highest BCUT2D eigenvalue weighted by Gasteiger charge is 2.00. The van der Waals surface area contributed by atoms with E-state index in [4.69, 9.17) is 5.11 Å². The molecule has 0 saturated carbocycles. The maximum absolute atomic E-state index is 8.97. The largest absolute Gasteiger partial charge is 0.479 e. The van der Waals surface area contributed by atoms with E-state index in [0.717, 1.165) is 4.88 Å². The molecule has 2 heterocycles. The first-order valence-electron chi connectivity index (χ1n) is 3.34. The van der Waals surface area contributed by atoms with Crippen LogP contribution in [0.4, 0.5) is 0 Å². The van der Waals surface area contributed by atoms with Gasteiger partial charge in [-0.2, -0.15) is 4.98 Å². The molecule has 0 fully saturated rings. The Morgan fingerprint density at radius 2 is 2.42 bits per heavy atom. The summed E-state index contributed by atoms with van der Waals surface area (Å²) in [7, 11) is 0. The molecule has 1 N–H and O–H groups in total. The van der Waals surface area contributed by atoms with E-state index in [2.05, 4.69) is 16.0 Å². The van der Waals surface area contributed by atoms with Gasteiger partial charge in [-0.1, -0.05) is 6.07 Å². The fourth-order valence-corrected chi connectivity index (χ4v) is 1.53. The van der Waals surface area contributed by atoms with Crippen LogP contribution in [-0.2, 0) is 0 Å². The van der Waals surface area contributed by atoms with Crippen LogP contribution in [0, 0.1) is 6.07 Å². The van der Waals surface area contributed by atoms with Crippen LogP contribution in [0.5, 0.6) is 6.01 Å². The zero-order chi connectivity index (χ0) is 8.39. The molecule has 0 aliphatic rings. The molecule has 0 amide bonds. The van der Waals surface area contributed by atoms with Crippen LogP contribution in [0.15, 0.2) is 23.7 Å². The average Bonchev–Trinajstić information content (AvgIpc) is 2.56. The smallest absolute Gasteiger partial charge is 0.314 e. The number of aromatic nitrogens is 2. The van der Waals surface area contributed by atoms with Gasteiger partial charge in [0.05, 0.1) is 10.6 Å². The molecule has 59 valence electrons. The fraction of sp³-hybridized carbons (Fsp3) is 0. The summed E-state index contributed by atoms with van der Waals surface area (Å²) >= 11 is 1.55. The van der Waals surface area contributed by atoms with Crippen molar-refractivity contribution in [1.82, 2.24) is 9.97 Å². The van der Waals surface area contributed by atoms with Gasteiger partial charge in [0.2, 0.25) is 0 Å². The number of nitrogens with zero attached hydrogens (tertiary/aromatic N) is 2. The topological polar surface area (TPSA) is 46.0 Å². The second-order valence-corrected chi connectivity index (χ2v) is 3.09. The molecule has 1 radical (unpaired) electrons. The SMILES string of the molecule is Oc1nc[c]c(-c2cccs2)n1. The quantitative estimate of drug-likeness (QED) is 0.721. The Labute approximate surface area is 73.4 Å². The first-order valence-corrected chi connectivity index (χ1v) is 4.22. The minimum absolute atomic E-state index is 0.211. The minimum Gasteiger partial charge on any atom is -0.479 e. The van der Waals surface area contributed by atoms with Crippen LogP contribution in [0.25, 0.3) is 10.6 Å². The molecule has 0 unspecified atom stereocenters. The molecule has 12 heavy (non-hydrogen) atoms. The third kappa shape index (κ3) is 1.29. The lowest BCUT2D eigenvalue weighted by atomic mass is 10.3. The van der Waals surface area contributed by atoms with Crippen molar-refractivity contribution in [2.24, 2.45) is 0 Å². The predicted molar refractivity (Wildman–Crippen MR) is 45.8 cm³/mol. The second-order valence-electron chi connectivity index (χ2n) is 2.14. The summed E-state index contributed by atoms with van der Waals surface area (Å²) in [5.41, 5.74) is 0.637. The Hall–Kier alpha value is -1.42. The van der Waals surface area contributed by atoms with E-state index < -0.39 is 0 Å². The molecule has 2 aromatic rings. The van der Waals surface area contributed by atoms with Gasteiger partial charge in [0, 0.05) is 12.3 Å². The van der Waals surface area contributed by atoms with E-state index in [1.54, 1.807) is 11.3 Å². The zero-order valence-corrected chi connectivity index (χ0v) is 6.88. The van der Waals surface area contributed by atoms with E-state index in [9.17, 15) is 0 Å². The van der Waals surface area contributed by atoms with Gasteiger partial charge in [-0.15, -0.1) is 11.3 Å². The molecule has 0 aromatic carbocycles. The highest BCUT2D eigenvalue weighted by molar-refractivity contribution is 7.13. The Kier molecular flexibility index (Phi) is 1.75. The third-order valence-electron chi connectivity index (χ3n) is 1.35. The summed E-state index contributed by atoms with van der Waals surface area (Å²) in [4.78, 5) is 8.34. The van der Waals surface area contributed by atoms with Crippen LogP contribution >= 0.6 is 11.3 Å². The normalized spacial score (nSPS) is 10.0. The number of thiophene rings is 1.